The van der Waals surface area contributed by atoms with Crippen molar-refractivity contribution < 1.29 is 4.18 Å². The van der Waals surface area contributed by atoms with E-state index in [-0.39, 0.29) is 11.1 Å². The maximum atomic E-state index is 5.85. The Bertz CT molecular complexity index is 243. The zero-order chi connectivity index (χ0) is 12.4. The van der Waals surface area contributed by atoms with Gasteiger partial charge in [-0.1, -0.05) is 6.08 Å². The van der Waals surface area contributed by atoms with Gasteiger partial charge in [-0.3, -0.25) is 4.90 Å². The van der Waals surface area contributed by atoms with Crippen LogP contribution in [0.3, 0.4) is 0 Å². The van der Waals surface area contributed by atoms with Gasteiger partial charge in [-0.2, -0.15) is 0 Å². The summed E-state index contributed by atoms with van der Waals surface area (Å²) in [6, 6.07) is 0. The first-order chi connectivity index (χ1) is 7.29. The minimum absolute atomic E-state index is 0.211. The number of piperidine rings is 1. The Morgan fingerprint density at radius 1 is 1.19 bits per heavy atom. The van der Waals surface area contributed by atoms with Crippen molar-refractivity contribution in [3.63, 3.8) is 0 Å². The van der Waals surface area contributed by atoms with E-state index in [1.165, 1.54) is 12.0 Å². The molecule has 1 aliphatic heterocycles. The fourth-order valence-electron chi connectivity index (χ4n) is 2.51. The van der Waals surface area contributed by atoms with E-state index in [1.807, 2.05) is 18.4 Å². The topological polar surface area (TPSA) is 12.5 Å². The van der Waals surface area contributed by atoms with Crippen molar-refractivity contribution in [3.05, 3.63) is 11.5 Å². The normalized spacial score (nSPS) is 26.4. The van der Waals surface area contributed by atoms with Crippen LogP contribution in [0.2, 0.25) is 0 Å². The van der Waals surface area contributed by atoms with Crippen molar-refractivity contribution in [3.8, 4) is 0 Å². The van der Waals surface area contributed by atoms with E-state index in [0.717, 1.165) is 12.8 Å². The summed E-state index contributed by atoms with van der Waals surface area (Å²) >= 11 is 1.46. The molecule has 3 heteroatoms. The SMILES string of the molecule is C/C=C/SOC1CC(C)(C)N(C)C(C)(C)C1. The third-order valence-electron chi connectivity index (χ3n) is 3.65. The molecule has 0 unspecified atom stereocenters. The molecule has 1 fully saturated rings. The van der Waals surface area contributed by atoms with Crippen LogP contribution in [0.15, 0.2) is 11.5 Å². The lowest BCUT2D eigenvalue weighted by atomic mass is 9.79. The molecule has 16 heavy (non-hydrogen) atoms. The Morgan fingerprint density at radius 3 is 2.12 bits per heavy atom. The second-order valence-corrected chi connectivity index (χ2v) is 6.53. The number of likely N-dealkylation sites (tertiary alicyclic amines) is 1. The number of hydrogen-bond donors (Lipinski definition) is 0. The predicted octanol–water partition coefficient (Wildman–Crippen LogP) is 3.84. The van der Waals surface area contributed by atoms with E-state index >= 15 is 0 Å². The summed E-state index contributed by atoms with van der Waals surface area (Å²) in [5.74, 6) is 0. The van der Waals surface area contributed by atoms with Gasteiger partial charge in [-0.05, 0) is 59.9 Å². The molecule has 0 N–H and O–H groups in total. The standard InChI is InChI=1S/C13H25NOS/c1-7-8-16-15-11-9-12(2,3)14(6)13(4,5)10-11/h7-8,11H,9-10H2,1-6H3/b8-7+. The number of allylic oxidation sites excluding steroid dienone is 1. The van der Waals surface area contributed by atoms with Crippen molar-refractivity contribution in [2.24, 2.45) is 0 Å². The highest BCUT2D eigenvalue weighted by Gasteiger charge is 2.43. The predicted molar refractivity (Wildman–Crippen MR) is 72.4 cm³/mol. The lowest BCUT2D eigenvalue weighted by Gasteiger charge is -2.53. The van der Waals surface area contributed by atoms with Gasteiger partial charge in [0, 0.05) is 23.1 Å². The molecule has 0 aromatic heterocycles. The lowest BCUT2D eigenvalue weighted by Crippen LogP contribution is -2.59. The van der Waals surface area contributed by atoms with Crippen molar-refractivity contribution in [1.82, 2.24) is 4.90 Å². The molecule has 0 bridgehead atoms. The average molecular weight is 243 g/mol. The molecule has 1 saturated heterocycles. The minimum Gasteiger partial charge on any atom is -0.307 e. The summed E-state index contributed by atoms with van der Waals surface area (Å²) in [6.45, 7) is 11.2. The average Bonchev–Trinajstić information content (AvgIpc) is 2.14. The molecule has 0 radical (unpaired) electrons. The summed E-state index contributed by atoms with van der Waals surface area (Å²) in [5, 5.41) is 2.00. The molecule has 0 amide bonds. The quantitative estimate of drug-likeness (QED) is 0.699. The van der Waals surface area contributed by atoms with E-state index < -0.39 is 0 Å². The number of hydrogen-bond acceptors (Lipinski definition) is 3. The van der Waals surface area contributed by atoms with Crippen LogP contribution >= 0.6 is 12.0 Å². The van der Waals surface area contributed by atoms with Gasteiger partial charge in [0.1, 0.15) is 0 Å². The van der Waals surface area contributed by atoms with Crippen molar-refractivity contribution in [2.45, 2.75) is 64.6 Å². The number of rotatable bonds is 3. The van der Waals surface area contributed by atoms with Crippen LogP contribution in [0.4, 0.5) is 0 Å². The van der Waals surface area contributed by atoms with E-state index in [4.69, 9.17) is 4.18 Å². The Balaban J connectivity index is 2.63. The van der Waals surface area contributed by atoms with Crippen LogP contribution in [-0.2, 0) is 4.18 Å². The third-order valence-corrected chi connectivity index (χ3v) is 4.42. The highest BCUT2D eigenvalue weighted by atomic mass is 32.2. The molecule has 0 saturated carbocycles. The monoisotopic (exact) mass is 243 g/mol. The molecule has 0 aromatic rings. The van der Waals surface area contributed by atoms with Gasteiger partial charge >= 0.3 is 0 Å². The van der Waals surface area contributed by atoms with Crippen molar-refractivity contribution in [1.29, 1.82) is 0 Å². The van der Waals surface area contributed by atoms with E-state index in [1.54, 1.807) is 0 Å². The molecule has 1 heterocycles. The van der Waals surface area contributed by atoms with Crippen LogP contribution in [0, 0.1) is 0 Å². The molecule has 1 rings (SSSR count). The first-order valence-electron chi connectivity index (χ1n) is 5.97. The van der Waals surface area contributed by atoms with E-state index in [0.29, 0.717) is 6.10 Å². The maximum Gasteiger partial charge on any atom is 0.0761 e. The third kappa shape index (κ3) is 3.25. The fourth-order valence-corrected chi connectivity index (χ4v) is 2.98. The summed E-state index contributed by atoms with van der Waals surface area (Å²) in [7, 11) is 2.22. The molecule has 1 aliphatic rings. The zero-order valence-corrected chi connectivity index (χ0v) is 12.2. The number of nitrogens with zero attached hydrogens (tertiary/aromatic N) is 1. The van der Waals surface area contributed by atoms with Gasteiger partial charge in [0.15, 0.2) is 0 Å². The summed E-state index contributed by atoms with van der Waals surface area (Å²) in [4.78, 5) is 2.47. The van der Waals surface area contributed by atoms with Gasteiger partial charge < -0.3 is 4.18 Å². The molecular formula is C13H25NOS. The summed E-state index contributed by atoms with van der Waals surface area (Å²) in [6.07, 6.45) is 4.55. The van der Waals surface area contributed by atoms with Gasteiger partial charge in [0.2, 0.25) is 0 Å². The highest BCUT2D eigenvalue weighted by Crippen LogP contribution is 2.39. The highest BCUT2D eigenvalue weighted by molar-refractivity contribution is 7.97. The Kier molecular flexibility index (Phi) is 4.49. The van der Waals surface area contributed by atoms with Crippen LogP contribution in [0.1, 0.15) is 47.5 Å². The van der Waals surface area contributed by atoms with Crippen LogP contribution in [0.25, 0.3) is 0 Å². The molecular weight excluding hydrogens is 218 g/mol. The fraction of sp³-hybridized carbons (Fsp3) is 0.846. The van der Waals surface area contributed by atoms with Crippen molar-refractivity contribution in [2.75, 3.05) is 7.05 Å². The molecule has 0 atom stereocenters. The molecule has 0 aliphatic carbocycles. The first-order valence-corrected chi connectivity index (χ1v) is 6.77. The van der Waals surface area contributed by atoms with Gasteiger partial charge in [0.05, 0.1) is 6.10 Å². The van der Waals surface area contributed by atoms with E-state index in [9.17, 15) is 0 Å². The summed E-state index contributed by atoms with van der Waals surface area (Å²) < 4.78 is 5.85. The van der Waals surface area contributed by atoms with E-state index in [2.05, 4.69) is 39.6 Å². The lowest BCUT2D eigenvalue weighted by molar-refractivity contribution is -0.0504. The molecule has 94 valence electrons. The summed E-state index contributed by atoms with van der Waals surface area (Å²) in [5.41, 5.74) is 0.422. The Hall–Kier alpha value is 0.01000. The van der Waals surface area contributed by atoms with Gasteiger partial charge in [0.25, 0.3) is 0 Å². The second kappa shape index (κ2) is 5.11. The van der Waals surface area contributed by atoms with Gasteiger partial charge in [-0.15, -0.1) is 0 Å². The van der Waals surface area contributed by atoms with Crippen LogP contribution in [0.5, 0.6) is 0 Å². The minimum atomic E-state index is 0.211. The zero-order valence-electron chi connectivity index (χ0n) is 11.4. The first kappa shape index (κ1) is 14.1. The largest absolute Gasteiger partial charge is 0.307 e. The van der Waals surface area contributed by atoms with Crippen molar-refractivity contribution >= 4 is 12.0 Å². The van der Waals surface area contributed by atoms with Gasteiger partial charge in [-0.25, -0.2) is 0 Å². The van der Waals surface area contributed by atoms with Crippen LogP contribution < -0.4 is 0 Å². The molecule has 0 spiro atoms. The second-order valence-electron chi connectivity index (χ2n) is 5.88. The van der Waals surface area contributed by atoms with Crippen LogP contribution in [-0.4, -0.2) is 29.1 Å². The maximum absolute atomic E-state index is 5.85. The molecule has 2 nitrogen and oxygen atoms in total. The Labute approximate surface area is 105 Å². The smallest absolute Gasteiger partial charge is 0.0761 e. The molecule has 0 aromatic carbocycles. The Morgan fingerprint density at radius 2 is 1.69 bits per heavy atom.